The van der Waals surface area contributed by atoms with Crippen molar-refractivity contribution >= 4 is 12.2 Å². The fourth-order valence-corrected chi connectivity index (χ4v) is 1.41. The van der Waals surface area contributed by atoms with E-state index in [1.165, 1.54) is 12.2 Å². The Morgan fingerprint density at radius 3 is 2.75 bits per heavy atom. The summed E-state index contributed by atoms with van der Waals surface area (Å²) in [6, 6.07) is 0.407. The number of aryl methyl sites for hydroxylation is 1. The number of alkyl halides is 3. The van der Waals surface area contributed by atoms with Crippen LogP contribution >= 0.6 is 0 Å². The molecule has 0 aliphatic rings. The van der Waals surface area contributed by atoms with Crippen molar-refractivity contribution in [1.29, 1.82) is 0 Å². The summed E-state index contributed by atoms with van der Waals surface area (Å²) in [5, 5.41) is 7.54. The standard InChI is InChI=1S/C11H10F3N5O/c1-2-19-6-7(17-18-19)3-4-9-15-8(11(12,13)14)5-10(20)16-9/h3-6H,2H2,1H3,(H,15,16,20). The van der Waals surface area contributed by atoms with E-state index in [1.807, 2.05) is 6.92 Å². The largest absolute Gasteiger partial charge is 0.433 e. The number of nitrogens with zero attached hydrogens (tertiary/aromatic N) is 4. The lowest BCUT2D eigenvalue weighted by molar-refractivity contribution is -0.141. The molecule has 0 saturated carbocycles. The van der Waals surface area contributed by atoms with Crippen molar-refractivity contribution in [2.75, 3.05) is 0 Å². The summed E-state index contributed by atoms with van der Waals surface area (Å²) in [5.41, 5.74) is -1.66. The van der Waals surface area contributed by atoms with Gasteiger partial charge in [0, 0.05) is 12.6 Å². The van der Waals surface area contributed by atoms with Crippen LogP contribution in [0.2, 0.25) is 0 Å². The van der Waals surface area contributed by atoms with E-state index < -0.39 is 17.4 Å². The van der Waals surface area contributed by atoms with Crippen LogP contribution in [0.1, 0.15) is 24.1 Å². The van der Waals surface area contributed by atoms with Crippen LogP contribution in [0.15, 0.2) is 17.1 Å². The average Bonchev–Trinajstić information content (AvgIpc) is 2.82. The summed E-state index contributed by atoms with van der Waals surface area (Å²) in [6.45, 7) is 2.49. The van der Waals surface area contributed by atoms with Gasteiger partial charge in [-0.2, -0.15) is 13.2 Å². The van der Waals surface area contributed by atoms with Gasteiger partial charge in [-0.1, -0.05) is 5.21 Å². The van der Waals surface area contributed by atoms with Gasteiger partial charge in [0.05, 0.1) is 6.20 Å². The second-order valence-corrected chi connectivity index (χ2v) is 3.85. The second-order valence-electron chi connectivity index (χ2n) is 3.85. The maximum Gasteiger partial charge on any atom is 0.433 e. The quantitative estimate of drug-likeness (QED) is 0.928. The number of aromatic nitrogens is 5. The van der Waals surface area contributed by atoms with Crippen LogP contribution in [0.5, 0.6) is 0 Å². The molecule has 0 aliphatic heterocycles. The molecule has 0 bridgehead atoms. The Morgan fingerprint density at radius 2 is 2.15 bits per heavy atom. The molecule has 2 aromatic heterocycles. The van der Waals surface area contributed by atoms with Crippen LogP contribution in [0.4, 0.5) is 13.2 Å². The van der Waals surface area contributed by atoms with Gasteiger partial charge in [0.25, 0.3) is 5.56 Å². The third-order valence-electron chi connectivity index (χ3n) is 2.34. The molecule has 1 N–H and O–H groups in total. The molecule has 0 saturated heterocycles. The van der Waals surface area contributed by atoms with Crippen molar-refractivity contribution in [3.8, 4) is 0 Å². The van der Waals surface area contributed by atoms with Crippen LogP contribution in [0.25, 0.3) is 12.2 Å². The minimum absolute atomic E-state index is 0.198. The Hall–Kier alpha value is -2.45. The fraction of sp³-hybridized carbons (Fsp3) is 0.273. The van der Waals surface area contributed by atoms with E-state index in [-0.39, 0.29) is 5.82 Å². The number of hydrogen-bond acceptors (Lipinski definition) is 4. The number of aromatic amines is 1. The van der Waals surface area contributed by atoms with E-state index in [4.69, 9.17) is 0 Å². The number of H-pyrrole nitrogens is 1. The highest BCUT2D eigenvalue weighted by Gasteiger charge is 2.33. The summed E-state index contributed by atoms with van der Waals surface area (Å²) < 4.78 is 39.0. The van der Waals surface area contributed by atoms with Gasteiger partial charge in [-0.15, -0.1) is 5.10 Å². The lowest BCUT2D eigenvalue weighted by Gasteiger charge is -2.04. The van der Waals surface area contributed by atoms with Gasteiger partial charge in [0.2, 0.25) is 0 Å². The molecular weight excluding hydrogens is 275 g/mol. The van der Waals surface area contributed by atoms with Gasteiger partial charge < -0.3 is 4.98 Å². The van der Waals surface area contributed by atoms with Crippen molar-refractivity contribution in [3.05, 3.63) is 39.8 Å². The zero-order valence-corrected chi connectivity index (χ0v) is 10.3. The molecule has 0 atom stereocenters. The molecule has 0 radical (unpaired) electrons. The van der Waals surface area contributed by atoms with E-state index in [1.54, 1.807) is 10.9 Å². The van der Waals surface area contributed by atoms with Crippen molar-refractivity contribution in [3.63, 3.8) is 0 Å². The Bertz CT molecular complexity index is 686. The van der Waals surface area contributed by atoms with Crippen molar-refractivity contribution in [2.45, 2.75) is 19.6 Å². The SMILES string of the molecule is CCn1cc(C=Cc2nc(C(F)(F)F)cc(=O)[nH]2)nn1. The number of halogens is 3. The fourth-order valence-electron chi connectivity index (χ4n) is 1.41. The molecular formula is C11H10F3N5O. The summed E-state index contributed by atoms with van der Waals surface area (Å²) in [5.74, 6) is -0.198. The van der Waals surface area contributed by atoms with Gasteiger partial charge in [-0.05, 0) is 19.1 Å². The molecule has 0 unspecified atom stereocenters. The number of hydrogen-bond donors (Lipinski definition) is 1. The van der Waals surface area contributed by atoms with Crippen LogP contribution < -0.4 is 5.56 Å². The number of rotatable bonds is 3. The van der Waals surface area contributed by atoms with Gasteiger partial charge in [-0.25, -0.2) is 4.98 Å². The maximum absolute atomic E-state index is 12.5. The monoisotopic (exact) mass is 285 g/mol. The molecule has 0 aromatic carbocycles. The average molecular weight is 285 g/mol. The van der Waals surface area contributed by atoms with Crippen molar-refractivity contribution < 1.29 is 13.2 Å². The molecule has 2 aromatic rings. The Morgan fingerprint density at radius 1 is 1.40 bits per heavy atom. The zero-order chi connectivity index (χ0) is 14.8. The third-order valence-corrected chi connectivity index (χ3v) is 2.34. The van der Waals surface area contributed by atoms with E-state index in [0.29, 0.717) is 18.3 Å². The minimum Gasteiger partial charge on any atom is -0.307 e. The maximum atomic E-state index is 12.5. The predicted octanol–water partition coefficient (Wildman–Crippen LogP) is 1.57. The molecule has 0 aliphatic carbocycles. The first-order valence-electron chi connectivity index (χ1n) is 5.65. The molecule has 0 fully saturated rings. The van der Waals surface area contributed by atoms with Crippen molar-refractivity contribution in [1.82, 2.24) is 25.0 Å². The molecule has 20 heavy (non-hydrogen) atoms. The van der Waals surface area contributed by atoms with E-state index >= 15 is 0 Å². The third kappa shape index (κ3) is 3.31. The Labute approximate surface area is 111 Å². The van der Waals surface area contributed by atoms with Crippen LogP contribution in [0, 0.1) is 0 Å². The highest BCUT2D eigenvalue weighted by Crippen LogP contribution is 2.26. The molecule has 2 rings (SSSR count). The summed E-state index contributed by atoms with van der Waals surface area (Å²) in [7, 11) is 0. The number of nitrogens with one attached hydrogen (secondary N) is 1. The van der Waals surface area contributed by atoms with E-state index in [9.17, 15) is 18.0 Å². The Kier molecular flexibility index (Phi) is 3.68. The first-order valence-corrected chi connectivity index (χ1v) is 5.65. The van der Waals surface area contributed by atoms with Gasteiger partial charge >= 0.3 is 6.18 Å². The normalized spacial score (nSPS) is 12.2. The zero-order valence-electron chi connectivity index (χ0n) is 10.3. The highest BCUT2D eigenvalue weighted by atomic mass is 19.4. The predicted molar refractivity (Wildman–Crippen MR) is 64.5 cm³/mol. The van der Waals surface area contributed by atoms with Crippen LogP contribution in [-0.4, -0.2) is 25.0 Å². The van der Waals surface area contributed by atoms with Crippen molar-refractivity contribution in [2.24, 2.45) is 0 Å². The minimum atomic E-state index is -4.66. The molecule has 2 heterocycles. The first-order chi connectivity index (χ1) is 9.38. The molecule has 6 nitrogen and oxygen atoms in total. The molecule has 9 heteroatoms. The van der Waals surface area contributed by atoms with E-state index in [0.717, 1.165) is 0 Å². The topological polar surface area (TPSA) is 76.5 Å². The molecule has 0 amide bonds. The first kappa shape index (κ1) is 14.0. The lowest BCUT2D eigenvalue weighted by Crippen LogP contribution is -2.17. The van der Waals surface area contributed by atoms with Gasteiger partial charge in [0.15, 0.2) is 5.69 Å². The summed E-state index contributed by atoms with van der Waals surface area (Å²) >= 11 is 0. The van der Waals surface area contributed by atoms with E-state index in [2.05, 4.69) is 20.3 Å². The summed E-state index contributed by atoms with van der Waals surface area (Å²) in [4.78, 5) is 16.7. The highest BCUT2D eigenvalue weighted by molar-refractivity contribution is 5.63. The smallest absolute Gasteiger partial charge is 0.307 e. The van der Waals surface area contributed by atoms with Gasteiger partial charge in [0.1, 0.15) is 11.5 Å². The Balaban J connectivity index is 2.29. The lowest BCUT2D eigenvalue weighted by atomic mass is 10.3. The van der Waals surface area contributed by atoms with Crippen LogP contribution in [-0.2, 0) is 12.7 Å². The van der Waals surface area contributed by atoms with Crippen LogP contribution in [0.3, 0.4) is 0 Å². The molecule has 106 valence electrons. The second kappa shape index (κ2) is 5.27. The van der Waals surface area contributed by atoms with Gasteiger partial charge in [-0.3, -0.25) is 9.48 Å². The molecule has 0 spiro atoms. The summed E-state index contributed by atoms with van der Waals surface area (Å²) in [6.07, 6.45) is -0.400.